The maximum absolute atomic E-state index is 14.3. The lowest BCUT2D eigenvalue weighted by Crippen LogP contribution is -2.54. The molecule has 0 bridgehead atoms. The van der Waals surface area contributed by atoms with Crippen LogP contribution in [-0.4, -0.2) is 64.2 Å². The molecule has 224 valence electrons. The number of hydrogen-bond donors (Lipinski definition) is 1. The van der Waals surface area contributed by atoms with Crippen molar-refractivity contribution in [2.75, 3.05) is 31.3 Å². The molecule has 1 saturated carbocycles. The topological polar surface area (TPSA) is 105 Å². The summed E-state index contributed by atoms with van der Waals surface area (Å²) in [5.41, 5.74) is 1.88. The van der Waals surface area contributed by atoms with Crippen molar-refractivity contribution in [3.05, 3.63) is 90.0 Å². The predicted molar refractivity (Wildman–Crippen MR) is 163 cm³/mol. The first-order valence-corrected chi connectivity index (χ1v) is 15.9. The van der Waals surface area contributed by atoms with Crippen molar-refractivity contribution in [1.29, 1.82) is 0 Å². The van der Waals surface area contributed by atoms with E-state index in [9.17, 15) is 18.0 Å². The monoisotopic (exact) mass is 593 g/mol. The number of hydrogen-bond acceptors (Lipinski definition) is 6. The van der Waals surface area contributed by atoms with Gasteiger partial charge in [0.15, 0.2) is 0 Å². The van der Waals surface area contributed by atoms with E-state index in [1.807, 2.05) is 48.5 Å². The van der Waals surface area contributed by atoms with E-state index in [1.165, 1.54) is 12.0 Å². The number of nitrogens with zero attached hydrogens (tertiary/aromatic N) is 2. The lowest BCUT2D eigenvalue weighted by molar-refractivity contribution is -0.140. The summed E-state index contributed by atoms with van der Waals surface area (Å²) in [5, 5.41) is 3.17. The predicted octanol–water partition coefficient (Wildman–Crippen LogP) is 4.17. The van der Waals surface area contributed by atoms with Gasteiger partial charge in [0.1, 0.15) is 24.1 Å². The molecule has 0 aliphatic heterocycles. The number of carbonyl (C=O) groups excluding carboxylic acids is 2. The molecule has 0 aromatic heterocycles. The lowest BCUT2D eigenvalue weighted by atomic mass is 10.0. The summed E-state index contributed by atoms with van der Waals surface area (Å²) >= 11 is 0. The molecule has 42 heavy (non-hydrogen) atoms. The summed E-state index contributed by atoms with van der Waals surface area (Å²) in [5.74, 6) is 0.151. The second kappa shape index (κ2) is 14.2. The highest BCUT2D eigenvalue weighted by atomic mass is 32.2. The highest BCUT2D eigenvalue weighted by Gasteiger charge is 2.34. The maximum Gasteiger partial charge on any atom is 0.244 e. The van der Waals surface area contributed by atoms with Crippen LogP contribution >= 0.6 is 0 Å². The van der Waals surface area contributed by atoms with Gasteiger partial charge >= 0.3 is 0 Å². The van der Waals surface area contributed by atoms with Crippen LogP contribution in [-0.2, 0) is 32.6 Å². The lowest BCUT2D eigenvalue weighted by Gasteiger charge is -2.34. The molecule has 1 atom stereocenters. The number of anilines is 1. The van der Waals surface area contributed by atoms with Crippen LogP contribution in [0.3, 0.4) is 0 Å². The Morgan fingerprint density at radius 1 is 0.905 bits per heavy atom. The number of para-hydroxylation sites is 2. The van der Waals surface area contributed by atoms with Crippen LogP contribution in [0.4, 0.5) is 5.69 Å². The van der Waals surface area contributed by atoms with E-state index < -0.39 is 28.5 Å². The molecule has 1 aliphatic carbocycles. The van der Waals surface area contributed by atoms with E-state index >= 15 is 0 Å². The molecule has 0 heterocycles. The minimum atomic E-state index is -3.90. The van der Waals surface area contributed by atoms with Crippen molar-refractivity contribution in [3.63, 3.8) is 0 Å². The van der Waals surface area contributed by atoms with Crippen LogP contribution in [0.1, 0.15) is 36.8 Å². The van der Waals surface area contributed by atoms with Crippen molar-refractivity contribution in [1.82, 2.24) is 10.2 Å². The van der Waals surface area contributed by atoms with Gasteiger partial charge < -0.3 is 19.7 Å². The quantitative estimate of drug-likeness (QED) is 0.319. The Hall–Kier alpha value is -4.05. The Morgan fingerprint density at radius 3 is 2.24 bits per heavy atom. The van der Waals surface area contributed by atoms with Gasteiger partial charge in [-0.05, 0) is 48.2 Å². The number of nitrogens with one attached hydrogen (secondary N) is 1. The molecule has 10 heteroatoms. The second-order valence-corrected chi connectivity index (χ2v) is 12.4. The third-order valence-electron chi connectivity index (χ3n) is 7.49. The number of carbonyl (C=O) groups is 2. The van der Waals surface area contributed by atoms with E-state index in [0.717, 1.165) is 47.4 Å². The summed E-state index contributed by atoms with van der Waals surface area (Å²) in [6.45, 7) is -0.430. The second-order valence-electron chi connectivity index (χ2n) is 10.5. The van der Waals surface area contributed by atoms with Crippen molar-refractivity contribution >= 4 is 27.5 Å². The molecular weight excluding hydrogens is 554 g/mol. The fraction of sp³-hybridized carbons (Fsp3) is 0.375. The molecule has 1 aliphatic rings. The number of amides is 2. The SMILES string of the molecule is COc1cccc(CN(C(=O)CN(c2ccccc2OC)S(C)(=O)=O)[C@H](Cc2ccccc2)C(=O)NC2CCCC2)c1. The van der Waals surface area contributed by atoms with Crippen LogP contribution < -0.4 is 19.1 Å². The molecule has 1 N–H and O–H groups in total. The first kappa shape index (κ1) is 30.9. The minimum absolute atomic E-state index is 0.0469. The molecule has 0 radical (unpaired) electrons. The molecule has 9 nitrogen and oxygen atoms in total. The van der Waals surface area contributed by atoms with Crippen LogP contribution in [0.25, 0.3) is 0 Å². The zero-order chi connectivity index (χ0) is 30.1. The van der Waals surface area contributed by atoms with E-state index in [2.05, 4.69) is 5.32 Å². The largest absolute Gasteiger partial charge is 0.497 e. The van der Waals surface area contributed by atoms with E-state index in [-0.39, 0.29) is 30.6 Å². The van der Waals surface area contributed by atoms with Gasteiger partial charge in [-0.25, -0.2) is 8.42 Å². The van der Waals surface area contributed by atoms with Crippen molar-refractivity contribution in [2.24, 2.45) is 0 Å². The first-order valence-electron chi connectivity index (χ1n) is 14.1. The van der Waals surface area contributed by atoms with Gasteiger partial charge in [0, 0.05) is 19.0 Å². The van der Waals surface area contributed by atoms with E-state index in [0.29, 0.717) is 11.5 Å². The number of rotatable bonds is 13. The van der Waals surface area contributed by atoms with Crippen molar-refractivity contribution < 1.29 is 27.5 Å². The van der Waals surface area contributed by atoms with Crippen LogP contribution in [0.5, 0.6) is 11.5 Å². The smallest absolute Gasteiger partial charge is 0.244 e. The first-order chi connectivity index (χ1) is 20.2. The summed E-state index contributed by atoms with van der Waals surface area (Å²) < 4.78 is 37.9. The molecule has 0 spiro atoms. The summed E-state index contributed by atoms with van der Waals surface area (Å²) in [6, 6.07) is 22.6. The van der Waals surface area contributed by atoms with Gasteiger partial charge in [-0.3, -0.25) is 13.9 Å². The average Bonchev–Trinajstić information content (AvgIpc) is 3.50. The molecule has 4 rings (SSSR count). The standard InChI is InChI=1S/C32H39N3O6S/c1-40-27-17-11-14-25(20-27)22-34(31(36)23-35(42(3,38)39)28-18-9-10-19-30(28)41-2)29(21-24-12-5-4-6-13-24)32(37)33-26-15-7-8-16-26/h4-6,9-14,17-20,26,29H,7-8,15-16,21-23H2,1-3H3,(H,33,37)/t29-/m1/s1. The van der Waals surface area contributed by atoms with E-state index in [1.54, 1.807) is 37.4 Å². The van der Waals surface area contributed by atoms with Gasteiger partial charge in [-0.1, -0.05) is 67.4 Å². The normalized spacial score (nSPS) is 14.2. The number of methoxy groups -OCH3 is 2. The fourth-order valence-corrected chi connectivity index (χ4v) is 6.17. The highest BCUT2D eigenvalue weighted by molar-refractivity contribution is 7.92. The van der Waals surface area contributed by atoms with Crippen LogP contribution in [0, 0.1) is 0 Å². The Labute approximate surface area is 248 Å². The zero-order valence-corrected chi connectivity index (χ0v) is 25.2. The molecule has 2 amide bonds. The Balaban J connectivity index is 1.75. The fourth-order valence-electron chi connectivity index (χ4n) is 5.32. The highest BCUT2D eigenvalue weighted by Crippen LogP contribution is 2.30. The van der Waals surface area contributed by atoms with Crippen molar-refractivity contribution in [3.8, 4) is 11.5 Å². The van der Waals surface area contributed by atoms with Gasteiger partial charge in [0.05, 0.1) is 26.2 Å². The molecule has 1 fully saturated rings. The zero-order valence-electron chi connectivity index (χ0n) is 24.4. The van der Waals surface area contributed by atoms with Gasteiger partial charge in [-0.2, -0.15) is 0 Å². The Kier molecular flexibility index (Phi) is 10.5. The molecular formula is C32H39N3O6S. The van der Waals surface area contributed by atoms with E-state index in [4.69, 9.17) is 9.47 Å². The van der Waals surface area contributed by atoms with Gasteiger partial charge in [-0.15, -0.1) is 0 Å². The van der Waals surface area contributed by atoms with Crippen LogP contribution in [0.2, 0.25) is 0 Å². The maximum atomic E-state index is 14.3. The number of ether oxygens (including phenoxy) is 2. The van der Waals surface area contributed by atoms with Crippen molar-refractivity contribution in [2.45, 2.75) is 50.7 Å². The third-order valence-corrected chi connectivity index (χ3v) is 8.62. The van der Waals surface area contributed by atoms with Gasteiger partial charge in [0.25, 0.3) is 0 Å². The Morgan fingerprint density at radius 2 is 1.57 bits per heavy atom. The molecule has 3 aromatic carbocycles. The Bertz CT molecular complexity index is 1460. The molecule has 0 unspecified atom stereocenters. The van der Waals surface area contributed by atoms with Crippen LogP contribution in [0.15, 0.2) is 78.9 Å². The molecule has 0 saturated heterocycles. The molecule has 3 aromatic rings. The third kappa shape index (κ3) is 8.03. The van der Waals surface area contributed by atoms with Gasteiger partial charge in [0.2, 0.25) is 21.8 Å². The summed E-state index contributed by atoms with van der Waals surface area (Å²) in [6.07, 6.45) is 5.19. The number of benzene rings is 3. The number of sulfonamides is 1. The average molecular weight is 594 g/mol. The summed E-state index contributed by atoms with van der Waals surface area (Å²) in [4.78, 5) is 29.7. The minimum Gasteiger partial charge on any atom is -0.497 e. The summed E-state index contributed by atoms with van der Waals surface area (Å²) in [7, 11) is -0.895.